The fourth-order valence-corrected chi connectivity index (χ4v) is 2.74. The molecule has 0 saturated heterocycles. The van der Waals surface area contributed by atoms with E-state index < -0.39 is 0 Å². The van der Waals surface area contributed by atoms with Gasteiger partial charge >= 0.3 is 0 Å². The first-order valence-electron chi connectivity index (χ1n) is 5.99. The van der Waals surface area contributed by atoms with Crippen LogP contribution in [0.5, 0.6) is 5.75 Å². The fourth-order valence-electron chi connectivity index (χ4n) is 1.42. The predicted molar refractivity (Wildman–Crippen MR) is 82.1 cm³/mol. The van der Waals surface area contributed by atoms with Gasteiger partial charge in [-0.1, -0.05) is 0 Å². The average Bonchev–Trinajstić information content (AvgIpc) is 2.42. The summed E-state index contributed by atoms with van der Waals surface area (Å²) >= 11 is 5.07. The minimum absolute atomic E-state index is 0.0916. The van der Waals surface area contributed by atoms with Crippen molar-refractivity contribution < 1.29 is 14.6 Å². The van der Waals surface area contributed by atoms with Gasteiger partial charge in [0.2, 0.25) is 0 Å². The van der Waals surface area contributed by atoms with E-state index in [1.807, 2.05) is 0 Å². The number of nitrogens with one attached hydrogen (secondary N) is 1. The van der Waals surface area contributed by atoms with E-state index in [9.17, 15) is 4.79 Å². The van der Waals surface area contributed by atoms with Gasteiger partial charge in [-0.25, -0.2) is 0 Å². The molecule has 0 unspecified atom stereocenters. The van der Waals surface area contributed by atoms with Gasteiger partial charge in [0, 0.05) is 24.5 Å². The summed E-state index contributed by atoms with van der Waals surface area (Å²) in [6, 6.07) is 5.24. The van der Waals surface area contributed by atoms with Gasteiger partial charge < -0.3 is 15.2 Å². The summed E-state index contributed by atoms with van der Waals surface area (Å²) in [5, 5.41) is 11.5. The van der Waals surface area contributed by atoms with Crippen LogP contribution in [0.3, 0.4) is 0 Å². The molecule has 0 aromatic heterocycles. The van der Waals surface area contributed by atoms with Crippen LogP contribution in [0.1, 0.15) is 16.8 Å². The number of carbonyl (C=O) groups excluding carboxylic acids is 1. The molecule has 0 saturated carbocycles. The zero-order valence-corrected chi connectivity index (χ0v) is 13.2. The molecule has 1 aromatic carbocycles. The quantitative estimate of drug-likeness (QED) is 0.708. The van der Waals surface area contributed by atoms with E-state index in [0.717, 1.165) is 22.4 Å². The van der Waals surface area contributed by atoms with E-state index in [4.69, 9.17) is 9.84 Å². The fraction of sp³-hybridized carbons (Fsp3) is 0.462. The van der Waals surface area contributed by atoms with Crippen LogP contribution in [0, 0.1) is 0 Å². The Morgan fingerprint density at radius 2 is 2.26 bits per heavy atom. The van der Waals surface area contributed by atoms with Crippen LogP contribution < -0.4 is 10.1 Å². The normalized spacial score (nSPS) is 10.3. The van der Waals surface area contributed by atoms with Crippen molar-refractivity contribution in [2.45, 2.75) is 6.42 Å². The zero-order chi connectivity index (χ0) is 14.1. The molecule has 0 spiro atoms. The molecule has 2 N–H and O–H groups in total. The van der Waals surface area contributed by atoms with Gasteiger partial charge in [0.25, 0.3) is 5.91 Å². The van der Waals surface area contributed by atoms with Crippen molar-refractivity contribution in [1.82, 2.24) is 5.32 Å². The number of aliphatic hydroxyl groups excluding tert-OH is 1. The summed E-state index contributed by atoms with van der Waals surface area (Å²) in [7, 11) is 1.59. The van der Waals surface area contributed by atoms with E-state index in [-0.39, 0.29) is 12.5 Å². The lowest BCUT2D eigenvalue weighted by Gasteiger charge is -2.07. The maximum atomic E-state index is 11.9. The van der Waals surface area contributed by atoms with E-state index in [1.54, 1.807) is 37.1 Å². The van der Waals surface area contributed by atoms with Crippen molar-refractivity contribution in [2.24, 2.45) is 0 Å². The van der Waals surface area contributed by atoms with Crippen LogP contribution in [0.2, 0.25) is 0 Å². The monoisotopic (exact) mass is 347 g/mol. The Morgan fingerprint density at radius 1 is 1.47 bits per heavy atom. The third-order valence-corrected chi connectivity index (χ3v) is 4.08. The second kappa shape index (κ2) is 9.23. The van der Waals surface area contributed by atoms with Crippen molar-refractivity contribution >= 4 is 33.6 Å². The highest BCUT2D eigenvalue weighted by Crippen LogP contribution is 2.25. The van der Waals surface area contributed by atoms with Gasteiger partial charge in [-0.3, -0.25) is 4.79 Å². The Hall–Kier alpha value is -0.720. The van der Waals surface area contributed by atoms with Gasteiger partial charge in [0.05, 0.1) is 11.6 Å². The Morgan fingerprint density at radius 3 is 2.89 bits per heavy atom. The Bertz CT molecular complexity index is 415. The lowest BCUT2D eigenvalue weighted by atomic mass is 10.2. The van der Waals surface area contributed by atoms with Crippen molar-refractivity contribution in [3.63, 3.8) is 0 Å². The molecular formula is C13H18BrNO3S. The molecule has 1 aromatic rings. The highest BCUT2D eigenvalue weighted by atomic mass is 79.9. The van der Waals surface area contributed by atoms with E-state index in [1.165, 1.54) is 0 Å². The molecule has 106 valence electrons. The molecule has 6 heteroatoms. The van der Waals surface area contributed by atoms with Gasteiger partial charge in [0.1, 0.15) is 5.75 Å². The molecule has 0 radical (unpaired) electrons. The largest absolute Gasteiger partial charge is 0.496 e. The Labute approximate surface area is 126 Å². The lowest BCUT2D eigenvalue weighted by Crippen LogP contribution is -2.25. The molecule has 4 nitrogen and oxygen atoms in total. The summed E-state index contributed by atoms with van der Waals surface area (Å²) in [5.41, 5.74) is 0.605. The second-order valence-electron chi connectivity index (χ2n) is 3.79. The number of halogens is 1. The molecule has 0 aliphatic rings. The maximum absolute atomic E-state index is 11.9. The number of rotatable bonds is 8. The highest BCUT2D eigenvalue weighted by Gasteiger charge is 2.08. The summed E-state index contributed by atoms with van der Waals surface area (Å²) in [5.74, 6) is 2.38. The van der Waals surface area contributed by atoms with Crippen LogP contribution in [0.4, 0.5) is 0 Å². The molecule has 0 aliphatic heterocycles. The SMILES string of the molecule is COc1ccc(C(=O)NCCSCCCO)cc1Br. The predicted octanol–water partition coefficient (Wildman–Crippen LogP) is 2.30. The number of ether oxygens (including phenoxy) is 1. The topological polar surface area (TPSA) is 58.6 Å². The summed E-state index contributed by atoms with van der Waals surface area (Å²) < 4.78 is 5.88. The van der Waals surface area contributed by atoms with Gasteiger partial charge in [0.15, 0.2) is 0 Å². The summed E-state index contributed by atoms with van der Waals surface area (Å²) in [6.45, 7) is 0.845. The van der Waals surface area contributed by atoms with E-state index >= 15 is 0 Å². The van der Waals surface area contributed by atoms with Crippen molar-refractivity contribution in [3.8, 4) is 5.75 Å². The van der Waals surface area contributed by atoms with Gasteiger partial charge in [-0.05, 0) is 46.3 Å². The van der Waals surface area contributed by atoms with Crippen LogP contribution in [0.15, 0.2) is 22.7 Å². The number of aliphatic hydroxyl groups is 1. The zero-order valence-electron chi connectivity index (χ0n) is 10.8. The van der Waals surface area contributed by atoms with Crippen LogP contribution in [-0.4, -0.2) is 42.8 Å². The average molecular weight is 348 g/mol. The molecule has 1 rings (SSSR count). The molecule has 0 heterocycles. The Kier molecular flexibility index (Phi) is 7.93. The first-order valence-corrected chi connectivity index (χ1v) is 7.94. The number of hydrogen-bond donors (Lipinski definition) is 2. The lowest BCUT2D eigenvalue weighted by molar-refractivity contribution is 0.0956. The van der Waals surface area contributed by atoms with Crippen molar-refractivity contribution in [3.05, 3.63) is 28.2 Å². The summed E-state index contributed by atoms with van der Waals surface area (Å²) in [6.07, 6.45) is 0.796. The van der Waals surface area contributed by atoms with Crippen molar-refractivity contribution in [1.29, 1.82) is 0 Å². The number of thioether (sulfide) groups is 1. The van der Waals surface area contributed by atoms with Gasteiger partial charge in [-0.2, -0.15) is 11.8 Å². The number of carbonyl (C=O) groups is 1. The third kappa shape index (κ3) is 5.84. The minimum atomic E-state index is -0.0916. The number of benzene rings is 1. The van der Waals surface area contributed by atoms with Crippen LogP contribution in [0.25, 0.3) is 0 Å². The third-order valence-electron chi connectivity index (χ3n) is 2.39. The smallest absolute Gasteiger partial charge is 0.251 e. The second-order valence-corrected chi connectivity index (χ2v) is 5.87. The standard InChI is InChI=1S/C13H18BrNO3S/c1-18-12-4-3-10(9-11(12)14)13(17)15-5-8-19-7-2-6-16/h3-4,9,16H,2,5-8H2,1H3,(H,15,17). The minimum Gasteiger partial charge on any atom is -0.496 e. The molecular weight excluding hydrogens is 330 g/mol. The van der Waals surface area contributed by atoms with Gasteiger partial charge in [-0.15, -0.1) is 0 Å². The molecule has 0 bridgehead atoms. The molecule has 1 amide bonds. The number of methoxy groups -OCH3 is 1. The van der Waals surface area contributed by atoms with Crippen LogP contribution >= 0.6 is 27.7 Å². The molecule has 0 fully saturated rings. The summed E-state index contributed by atoms with van der Waals surface area (Å²) in [4.78, 5) is 11.9. The van der Waals surface area contributed by atoms with Crippen molar-refractivity contribution in [2.75, 3.05) is 31.8 Å². The maximum Gasteiger partial charge on any atom is 0.251 e. The number of hydrogen-bond acceptors (Lipinski definition) is 4. The number of amides is 1. The first-order chi connectivity index (χ1) is 9.19. The Balaban J connectivity index is 2.35. The molecule has 19 heavy (non-hydrogen) atoms. The molecule has 0 aliphatic carbocycles. The van der Waals surface area contributed by atoms with E-state index in [2.05, 4.69) is 21.2 Å². The van der Waals surface area contributed by atoms with Crippen LogP contribution in [-0.2, 0) is 0 Å². The molecule has 0 atom stereocenters. The van der Waals surface area contributed by atoms with E-state index in [0.29, 0.717) is 17.9 Å². The highest BCUT2D eigenvalue weighted by molar-refractivity contribution is 9.10. The first kappa shape index (κ1) is 16.3.